The van der Waals surface area contributed by atoms with E-state index in [1.165, 1.54) is 0 Å². The average Bonchev–Trinajstić information content (AvgIpc) is 2.96. The highest BCUT2D eigenvalue weighted by Gasteiger charge is 2.36. The summed E-state index contributed by atoms with van der Waals surface area (Å²) < 4.78 is 5.74. The normalized spacial score (nSPS) is 16.1. The first-order chi connectivity index (χ1) is 14.4. The summed E-state index contributed by atoms with van der Waals surface area (Å²) in [5.41, 5.74) is 1.26. The summed E-state index contributed by atoms with van der Waals surface area (Å²) in [6, 6.07) is 13.9. The SMILES string of the molecule is CC[C@H](C)Oc1ccc(/C=C2\SC(=O)N(CC(=O)Nc3cccc(Cl)c3)C2=O)cc1. The molecule has 1 fully saturated rings. The van der Waals surface area contributed by atoms with Crippen LogP contribution in [0.4, 0.5) is 10.5 Å². The van der Waals surface area contributed by atoms with E-state index in [1.807, 2.05) is 38.1 Å². The van der Waals surface area contributed by atoms with Gasteiger partial charge in [0.05, 0.1) is 11.0 Å². The van der Waals surface area contributed by atoms with Gasteiger partial charge < -0.3 is 10.1 Å². The van der Waals surface area contributed by atoms with Gasteiger partial charge in [0.25, 0.3) is 11.1 Å². The Bertz CT molecular complexity index is 991. The number of hydrogen-bond donors (Lipinski definition) is 1. The number of amides is 3. The third-order valence-electron chi connectivity index (χ3n) is 4.37. The molecule has 0 radical (unpaired) electrons. The fourth-order valence-corrected chi connectivity index (χ4v) is 3.68. The van der Waals surface area contributed by atoms with Crippen LogP contribution in [0.1, 0.15) is 25.8 Å². The van der Waals surface area contributed by atoms with Gasteiger partial charge in [0.2, 0.25) is 5.91 Å². The van der Waals surface area contributed by atoms with Crippen molar-refractivity contribution < 1.29 is 19.1 Å². The molecule has 0 aliphatic carbocycles. The van der Waals surface area contributed by atoms with Crippen LogP contribution in [0.2, 0.25) is 5.02 Å². The maximum Gasteiger partial charge on any atom is 0.294 e. The van der Waals surface area contributed by atoms with Crippen LogP contribution in [-0.4, -0.2) is 34.6 Å². The Kier molecular flexibility index (Phi) is 7.18. The molecule has 3 rings (SSSR count). The van der Waals surface area contributed by atoms with E-state index in [2.05, 4.69) is 5.32 Å². The van der Waals surface area contributed by atoms with Crippen LogP contribution in [0, 0.1) is 0 Å². The number of imide groups is 1. The largest absolute Gasteiger partial charge is 0.491 e. The van der Waals surface area contributed by atoms with Crippen LogP contribution >= 0.6 is 23.4 Å². The Morgan fingerprint density at radius 3 is 2.63 bits per heavy atom. The molecule has 1 aliphatic rings. The molecule has 8 heteroatoms. The van der Waals surface area contributed by atoms with Gasteiger partial charge in [-0.25, -0.2) is 0 Å². The highest BCUT2D eigenvalue weighted by atomic mass is 35.5. The zero-order chi connectivity index (χ0) is 21.7. The van der Waals surface area contributed by atoms with Crippen LogP contribution < -0.4 is 10.1 Å². The molecule has 0 bridgehead atoms. The van der Waals surface area contributed by atoms with Gasteiger partial charge in [-0.05, 0) is 67.1 Å². The van der Waals surface area contributed by atoms with E-state index in [1.54, 1.807) is 30.3 Å². The molecule has 1 atom stereocenters. The van der Waals surface area contributed by atoms with Crippen LogP contribution in [0.15, 0.2) is 53.4 Å². The Hall–Kier alpha value is -2.77. The summed E-state index contributed by atoms with van der Waals surface area (Å²) in [6.07, 6.45) is 2.65. The number of nitrogens with one attached hydrogen (secondary N) is 1. The molecule has 0 aromatic heterocycles. The lowest BCUT2D eigenvalue weighted by Crippen LogP contribution is -2.36. The molecule has 2 aromatic rings. The Morgan fingerprint density at radius 2 is 1.97 bits per heavy atom. The van der Waals surface area contributed by atoms with Gasteiger partial charge in [-0.15, -0.1) is 0 Å². The van der Waals surface area contributed by atoms with Gasteiger partial charge in [0, 0.05) is 10.7 Å². The average molecular weight is 445 g/mol. The van der Waals surface area contributed by atoms with Crippen molar-refractivity contribution in [2.75, 3.05) is 11.9 Å². The number of thioether (sulfide) groups is 1. The third-order valence-corrected chi connectivity index (χ3v) is 5.52. The topological polar surface area (TPSA) is 75.7 Å². The summed E-state index contributed by atoms with van der Waals surface area (Å²) >= 11 is 6.71. The monoisotopic (exact) mass is 444 g/mol. The quantitative estimate of drug-likeness (QED) is 0.594. The third kappa shape index (κ3) is 5.64. The molecule has 0 unspecified atom stereocenters. The molecular weight excluding hydrogens is 424 g/mol. The Labute approximate surface area is 184 Å². The molecule has 3 amide bonds. The first-order valence-corrected chi connectivity index (χ1v) is 10.6. The van der Waals surface area contributed by atoms with Crippen molar-refractivity contribution >= 4 is 52.2 Å². The summed E-state index contributed by atoms with van der Waals surface area (Å²) in [5.74, 6) is -0.231. The molecule has 1 heterocycles. The first kappa shape index (κ1) is 21.9. The molecule has 0 saturated carbocycles. The van der Waals surface area contributed by atoms with Crippen LogP contribution in [0.25, 0.3) is 6.08 Å². The zero-order valence-electron chi connectivity index (χ0n) is 16.6. The number of carbonyl (C=O) groups excluding carboxylic acids is 3. The predicted octanol–water partition coefficient (Wildman–Crippen LogP) is 5.19. The van der Waals surface area contributed by atoms with E-state index in [0.717, 1.165) is 34.4 Å². The number of halogens is 1. The van der Waals surface area contributed by atoms with E-state index in [-0.39, 0.29) is 17.6 Å². The van der Waals surface area contributed by atoms with Crippen molar-refractivity contribution in [3.05, 3.63) is 64.0 Å². The second-order valence-corrected chi connectivity index (χ2v) is 8.16. The van der Waals surface area contributed by atoms with Gasteiger partial charge in [0.15, 0.2) is 0 Å². The molecular formula is C22H21ClN2O4S. The zero-order valence-corrected chi connectivity index (χ0v) is 18.1. The van der Waals surface area contributed by atoms with Crippen molar-refractivity contribution in [1.29, 1.82) is 0 Å². The Balaban J connectivity index is 1.64. The minimum Gasteiger partial charge on any atom is -0.491 e. The fraction of sp³-hybridized carbons (Fsp3) is 0.227. The van der Waals surface area contributed by atoms with E-state index in [0.29, 0.717) is 10.7 Å². The van der Waals surface area contributed by atoms with Gasteiger partial charge in [-0.3, -0.25) is 19.3 Å². The van der Waals surface area contributed by atoms with E-state index < -0.39 is 17.1 Å². The van der Waals surface area contributed by atoms with Gasteiger partial charge in [-0.2, -0.15) is 0 Å². The molecule has 2 aromatic carbocycles. The second kappa shape index (κ2) is 9.82. The predicted molar refractivity (Wildman–Crippen MR) is 120 cm³/mol. The molecule has 0 spiro atoms. The lowest BCUT2D eigenvalue weighted by atomic mass is 10.2. The summed E-state index contributed by atoms with van der Waals surface area (Å²) in [4.78, 5) is 38.3. The van der Waals surface area contributed by atoms with E-state index in [4.69, 9.17) is 16.3 Å². The van der Waals surface area contributed by atoms with Crippen molar-refractivity contribution in [2.45, 2.75) is 26.4 Å². The highest BCUT2D eigenvalue weighted by Crippen LogP contribution is 2.32. The van der Waals surface area contributed by atoms with Crippen LogP contribution in [0.5, 0.6) is 5.75 Å². The first-order valence-electron chi connectivity index (χ1n) is 9.43. The number of carbonyl (C=O) groups is 3. The molecule has 156 valence electrons. The second-order valence-electron chi connectivity index (χ2n) is 6.73. The molecule has 1 N–H and O–H groups in total. The van der Waals surface area contributed by atoms with E-state index in [9.17, 15) is 14.4 Å². The maximum absolute atomic E-state index is 12.6. The molecule has 1 saturated heterocycles. The minimum atomic E-state index is -0.494. The summed E-state index contributed by atoms with van der Waals surface area (Å²) in [5, 5.41) is 2.62. The maximum atomic E-state index is 12.6. The van der Waals surface area contributed by atoms with Gasteiger partial charge in [-0.1, -0.05) is 36.7 Å². The van der Waals surface area contributed by atoms with Gasteiger partial charge in [0.1, 0.15) is 12.3 Å². The molecule has 6 nitrogen and oxygen atoms in total. The smallest absolute Gasteiger partial charge is 0.294 e. The van der Waals surface area contributed by atoms with Crippen LogP contribution in [-0.2, 0) is 9.59 Å². The fourth-order valence-electron chi connectivity index (χ4n) is 2.66. The molecule has 1 aliphatic heterocycles. The van der Waals surface area contributed by atoms with Crippen molar-refractivity contribution in [3.8, 4) is 5.75 Å². The van der Waals surface area contributed by atoms with Crippen molar-refractivity contribution in [3.63, 3.8) is 0 Å². The number of anilines is 1. The number of nitrogens with zero attached hydrogens (tertiary/aromatic N) is 1. The van der Waals surface area contributed by atoms with Crippen LogP contribution in [0.3, 0.4) is 0 Å². The van der Waals surface area contributed by atoms with Gasteiger partial charge >= 0.3 is 0 Å². The van der Waals surface area contributed by atoms with E-state index >= 15 is 0 Å². The standard InChI is InChI=1S/C22H21ClN2O4S/c1-3-14(2)29-18-9-7-15(8-10-18)11-19-21(27)25(22(28)30-19)13-20(26)24-17-6-4-5-16(23)12-17/h4-12,14H,3,13H2,1-2H3,(H,24,26)/b19-11-/t14-/m0/s1. The summed E-state index contributed by atoms with van der Waals surface area (Å²) in [6.45, 7) is 3.67. The molecule has 30 heavy (non-hydrogen) atoms. The van der Waals surface area contributed by atoms with Crippen molar-refractivity contribution in [2.24, 2.45) is 0 Å². The summed E-state index contributed by atoms with van der Waals surface area (Å²) in [7, 11) is 0. The number of rotatable bonds is 7. The Morgan fingerprint density at radius 1 is 1.23 bits per heavy atom. The van der Waals surface area contributed by atoms with Crippen molar-refractivity contribution in [1.82, 2.24) is 4.90 Å². The lowest BCUT2D eigenvalue weighted by Gasteiger charge is -2.13. The number of benzene rings is 2. The minimum absolute atomic E-state index is 0.116. The number of hydrogen-bond acceptors (Lipinski definition) is 5. The lowest BCUT2D eigenvalue weighted by molar-refractivity contribution is -0.127. The number of ether oxygens (including phenoxy) is 1. The highest BCUT2D eigenvalue weighted by molar-refractivity contribution is 8.18.